The Kier molecular flexibility index (Phi) is 18.3. The molecule has 4 atom stereocenters. The van der Waals surface area contributed by atoms with Crippen LogP contribution in [0, 0.1) is 23.7 Å². The van der Waals surface area contributed by atoms with Crippen LogP contribution >= 0.6 is 0 Å². The van der Waals surface area contributed by atoms with Gasteiger partial charge in [0.1, 0.15) is 19.0 Å². The molecule has 0 bridgehead atoms. The Labute approximate surface area is 297 Å². The van der Waals surface area contributed by atoms with Crippen LogP contribution in [-0.2, 0) is 43.5 Å². The molecule has 2 fully saturated rings. The van der Waals surface area contributed by atoms with E-state index in [0.29, 0.717) is 89.3 Å². The topological polar surface area (TPSA) is 155 Å². The van der Waals surface area contributed by atoms with E-state index in [9.17, 15) is 24.0 Å². The minimum absolute atomic E-state index is 0.0117. The number of benzene rings is 1. The lowest BCUT2D eigenvalue weighted by Gasteiger charge is -2.21. The molecule has 11 heteroatoms. The van der Waals surface area contributed by atoms with Gasteiger partial charge in [-0.15, -0.1) is 0 Å². The first-order chi connectivity index (χ1) is 24.0. The van der Waals surface area contributed by atoms with E-state index in [4.69, 9.17) is 24.1 Å². The summed E-state index contributed by atoms with van der Waals surface area (Å²) in [6.45, 7) is 9.26. The number of rotatable bonds is 26. The number of hydrogen-bond donors (Lipinski definition) is 2. The zero-order valence-corrected chi connectivity index (χ0v) is 30.4. The van der Waals surface area contributed by atoms with Crippen molar-refractivity contribution in [2.75, 3.05) is 59.4 Å². The maximum Gasteiger partial charge on any atom is 0.329 e. The first-order valence-corrected chi connectivity index (χ1v) is 18.5. The lowest BCUT2D eigenvalue weighted by atomic mass is 9.82. The number of ether oxygens (including phenoxy) is 4. The third-order valence-corrected chi connectivity index (χ3v) is 9.80. The van der Waals surface area contributed by atoms with E-state index in [1.807, 2.05) is 24.3 Å². The average Bonchev–Trinajstić information content (AvgIpc) is 3.61. The largest absolute Gasteiger partial charge is 0.480 e. The van der Waals surface area contributed by atoms with Gasteiger partial charge in [0.25, 0.3) is 0 Å². The predicted octanol–water partition coefficient (Wildman–Crippen LogP) is 5.36. The highest BCUT2D eigenvalue weighted by molar-refractivity contribution is 6.12. The van der Waals surface area contributed by atoms with E-state index in [2.05, 4.69) is 26.1 Å². The summed E-state index contributed by atoms with van der Waals surface area (Å²) in [6, 6.07) is 7.80. The molecule has 50 heavy (non-hydrogen) atoms. The molecule has 0 spiro atoms. The SMILES string of the molecule is CC(C)(C)c1ccc(C(=O)C2C(=O)CC3C(CCCCC(=O)NCCCOCCOCCOCCCCC(=O)COCC(=O)O)CCC23)cc1. The summed E-state index contributed by atoms with van der Waals surface area (Å²) in [4.78, 5) is 60.6. The Balaban J connectivity index is 1.13. The number of unbranched alkanes of at least 4 members (excludes halogenated alkanes) is 2. The van der Waals surface area contributed by atoms with Crippen LogP contribution in [0.1, 0.15) is 107 Å². The highest BCUT2D eigenvalue weighted by Gasteiger charge is 2.51. The average molecular weight is 702 g/mol. The Morgan fingerprint density at radius 2 is 1.40 bits per heavy atom. The van der Waals surface area contributed by atoms with Crippen LogP contribution in [0.3, 0.4) is 0 Å². The van der Waals surface area contributed by atoms with Gasteiger partial charge < -0.3 is 29.4 Å². The molecule has 2 N–H and O–H groups in total. The molecular formula is C39H59NO10. The smallest absolute Gasteiger partial charge is 0.329 e. The Bertz CT molecular complexity index is 1220. The summed E-state index contributed by atoms with van der Waals surface area (Å²) in [5, 5.41) is 11.4. The molecule has 0 saturated heterocycles. The molecule has 2 aliphatic carbocycles. The van der Waals surface area contributed by atoms with Crippen LogP contribution in [-0.4, -0.2) is 93.7 Å². The zero-order valence-electron chi connectivity index (χ0n) is 30.4. The van der Waals surface area contributed by atoms with Crippen molar-refractivity contribution in [3.8, 4) is 0 Å². The number of carboxylic acids is 1. The first kappa shape index (κ1) is 41.4. The number of aliphatic carboxylic acids is 1. The summed E-state index contributed by atoms with van der Waals surface area (Å²) in [5.41, 5.74) is 1.84. The standard InChI is InChI=1S/C39H59NO10/c1-39(2,3)30-15-12-29(13-16-30)38(46)37-32-17-14-28(33(32)25-34(37)42)9-4-5-11-35(43)40-18-8-20-48-22-24-49-23-21-47-19-7-6-10-31(41)26-50-27-36(44)45/h12-13,15-16,28,32-33,37H,4-11,14,17-27H2,1-3H3,(H,40,43)(H,44,45). The normalized spacial score (nSPS) is 20.2. The monoisotopic (exact) mass is 701 g/mol. The number of nitrogens with one attached hydrogen (secondary N) is 1. The Morgan fingerprint density at radius 3 is 2.06 bits per heavy atom. The van der Waals surface area contributed by atoms with Crippen LogP contribution in [0.25, 0.3) is 0 Å². The summed E-state index contributed by atoms with van der Waals surface area (Å²) in [5.74, 6) is -0.659. The molecule has 3 rings (SSSR count). The third kappa shape index (κ3) is 14.7. The molecule has 11 nitrogen and oxygen atoms in total. The molecule has 4 unspecified atom stereocenters. The molecule has 2 saturated carbocycles. The van der Waals surface area contributed by atoms with Gasteiger partial charge in [0.15, 0.2) is 11.6 Å². The maximum atomic E-state index is 13.4. The van der Waals surface area contributed by atoms with E-state index in [1.54, 1.807) is 0 Å². The highest BCUT2D eigenvalue weighted by Crippen LogP contribution is 2.51. The Hall–Kier alpha value is -2.99. The Morgan fingerprint density at radius 1 is 0.760 bits per heavy atom. The number of hydrogen-bond acceptors (Lipinski definition) is 9. The number of fused-ring (bicyclic) bond motifs is 1. The molecule has 0 aromatic heterocycles. The van der Waals surface area contributed by atoms with Crippen molar-refractivity contribution in [2.24, 2.45) is 23.7 Å². The van der Waals surface area contributed by atoms with E-state index in [0.717, 1.165) is 44.9 Å². The van der Waals surface area contributed by atoms with E-state index >= 15 is 0 Å². The van der Waals surface area contributed by atoms with Gasteiger partial charge >= 0.3 is 5.97 Å². The summed E-state index contributed by atoms with van der Waals surface area (Å²) >= 11 is 0. The van der Waals surface area contributed by atoms with E-state index in [1.165, 1.54) is 5.56 Å². The van der Waals surface area contributed by atoms with Crippen molar-refractivity contribution in [1.29, 1.82) is 0 Å². The van der Waals surface area contributed by atoms with Gasteiger partial charge in [-0.2, -0.15) is 0 Å². The minimum Gasteiger partial charge on any atom is -0.480 e. The van der Waals surface area contributed by atoms with Gasteiger partial charge in [0.2, 0.25) is 5.91 Å². The number of amides is 1. The fourth-order valence-electron chi connectivity index (χ4n) is 7.10. The molecule has 0 radical (unpaired) electrons. The van der Waals surface area contributed by atoms with Crippen LogP contribution in [0.15, 0.2) is 24.3 Å². The second-order valence-electron chi connectivity index (χ2n) is 14.7. The van der Waals surface area contributed by atoms with Crippen LogP contribution in [0.2, 0.25) is 0 Å². The van der Waals surface area contributed by atoms with E-state index < -0.39 is 18.5 Å². The number of ketones is 3. The van der Waals surface area contributed by atoms with Crippen molar-refractivity contribution in [3.63, 3.8) is 0 Å². The molecule has 0 heterocycles. The second kappa shape index (κ2) is 22.1. The summed E-state index contributed by atoms with van der Waals surface area (Å²) < 4.78 is 21.3. The van der Waals surface area contributed by atoms with Gasteiger partial charge in [0.05, 0.1) is 32.3 Å². The number of carboxylic acid groups (broad SMARTS) is 1. The summed E-state index contributed by atoms with van der Waals surface area (Å²) in [7, 11) is 0. The maximum absolute atomic E-state index is 13.4. The van der Waals surface area contributed by atoms with Crippen molar-refractivity contribution in [1.82, 2.24) is 5.32 Å². The van der Waals surface area contributed by atoms with Crippen LogP contribution in [0.4, 0.5) is 0 Å². The lowest BCUT2D eigenvalue weighted by molar-refractivity contribution is -0.143. The van der Waals surface area contributed by atoms with Gasteiger partial charge in [0, 0.05) is 44.6 Å². The van der Waals surface area contributed by atoms with Crippen molar-refractivity contribution < 1.29 is 48.0 Å². The predicted molar refractivity (Wildman–Crippen MR) is 188 cm³/mol. The zero-order chi connectivity index (χ0) is 36.4. The van der Waals surface area contributed by atoms with Gasteiger partial charge in [-0.1, -0.05) is 57.9 Å². The molecule has 2 aliphatic rings. The molecule has 1 amide bonds. The fourth-order valence-corrected chi connectivity index (χ4v) is 7.10. The van der Waals surface area contributed by atoms with Gasteiger partial charge in [-0.3, -0.25) is 19.2 Å². The molecule has 280 valence electrons. The fraction of sp³-hybridized carbons (Fsp3) is 0.718. The van der Waals surface area contributed by atoms with Crippen molar-refractivity contribution in [2.45, 2.75) is 96.8 Å². The van der Waals surface area contributed by atoms with Gasteiger partial charge in [-0.25, -0.2) is 4.79 Å². The van der Waals surface area contributed by atoms with Crippen LogP contribution < -0.4 is 5.32 Å². The highest BCUT2D eigenvalue weighted by atomic mass is 16.5. The second-order valence-corrected chi connectivity index (χ2v) is 14.7. The lowest BCUT2D eigenvalue weighted by Crippen LogP contribution is -2.25. The molecule has 0 aliphatic heterocycles. The van der Waals surface area contributed by atoms with Gasteiger partial charge in [-0.05, 0) is 67.3 Å². The van der Waals surface area contributed by atoms with Crippen LogP contribution in [0.5, 0.6) is 0 Å². The number of carbonyl (C=O) groups is 5. The number of carbonyl (C=O) groups excluding carboxylic acids is 4. The molecular weight excluding hydrogens is 642 g/mol. The van der Waals surface area contributed by atoms with Crippen molar-refractivity contribution >= 4 is 29.2 Å². The third-order valence-electron chi connectivity index (χ3n) is 9.80. The molecule has 1 aromatic carbocycles. The first-order valence-electron chi connectivity index (χ1n) is 18.5. The van der Waals surface area contributed by atoms with Crippen molar-refractivity contribution in [3.05, 3.63) is 35.4 Å². The molecule has 1 aromatic rings. The quantitative estimate of drug-likeness (QED) is 0.0734. The van der Waals surface area contributed by atoms with E-state index in [-0.39, 0.29) is 41.2 Å². The number of Topliss-reactive ketones (excluding diaryl/α,β-unsaturated/α-hetero) is 3. The summed E-state index contributed by atoms with van der Waals surface area (Å²) in [6.07, 6.45) is 8.22. The minimum atomic E-state index is -1.09.